The van der Waals surface area contributed by atoms with Gasteiger partial charge in [-0.2, -0.15) is 0 Å². The third-order valence-corrected chi connectivity index (χ3v) is 6.31. The summed E-state index contributed by atoms with van der Waals surface area (Å²) in [6.45, 7) is 2.19. The highest BCUT2D eigenvalue weighted by atomic mass is 32.2. The number of rotatable bonds is 15. The summed E-state index contributed by atoms with van der Waals surface area (Å²) >= 11 is 1.64. The van der Waals surface area contributed by atoms with E-state index in [1.807, 2.05) is 30.3 Å². The predicted octanol–water partition coefficient (Wildman–Crippen LogP) is 6.71. The van der Waals surface area contributed by atoms with Crippen molar-refractivity contribution in [3.63, 3.8) is 0 Å². The van der Waals surface area contributed by atoms with Crippen LogP contribution < -0.4 is 5.32 Å². The van der Waals surface area contributed by atoms with Gasteiger partial charge in [0.25, 0.3) is 0 Å². The summed E-state index contributed by atoms with van der Waals surface area (Å²) in [5.74, 6) is -0.256. The number of thioether (sulfide) groups is 1. The van der Waals surface area contributed by atoms with Crippen LogP contribution in [0.4, 0.5) is 0 Å². The second-order valence-corrected chi connectivity index (χ2v) is 9.02. The Labute approximate surface area is 196 Å². The number of unbranched alkanes of at least 4 members (excludes halogenated alkanes) is 4. The van der Waals surface area contributed by atoms with Gasteiger partial charge in [-0.3, -0.25) is 9.59 Å². The Morgan fingerprint density at radius 2 is 1.78 bits per heavy atom. The fourth-order valence-corrected chi connectivity index (χ4v) is 4.40. The van der Waals surface area contributed by atoms with Gasteiger partial charge in [0, 0.05) is 29.5 Å². The van der Waals surface area contributed by atoms with Crippen LogP contribution in [0.3, 0.4) is 0 Å². The van der Waals surface area contributed by atoms with E-state index >= 15 is 0 Å². The first kappa shape index (κ1) is 25.7. The Hall–Kier alpha value is -2.53. The minimum Gasteiger partial charge on any atom is -0.481 e. The van der Waals surface area contributed by atoms with Gasteiger partial charge < -0.3 is 10.4 Å². The van der Waals surface area contributed by atoms with Crippen LogP contribution in [0.15, 0.2) is 71.6 Å². The molecule has 4 nitrogen and oxygen atoms in total. The van der Waals surface area contributed by atoms with Gasteiger partial charge in [0.2, 0.25) is 5.91 Å². The Bertz CT molecular complexity index is 851. The van der Waals surface area contributed by atoms with Crippen LogP contribution in [0.2, 0.25) is 0 Å². The summed E-state index contributed by atoms with van der Waals surface area (Å²) in [7, 11) is 0. The quantitative estimate of drug-likeness (QED) is 0.179. The maximum Gasteiger partial charge on any atom is 0.303 e. The zero-order chi connectivity index (χ0) is 23.0. The number of carboxylic acid groups (broad SMARTS) is 1. The molecule has 0 fully saturated rings. The summed E-state index contributed by atoms with van der Waals surface area (Å²) in [4.78, 5) is 24.5. The van der Waals surface area contributed by atoms with Gasteiger partial charge in [-0.1, -0.05) is 80.8 Å². The third kappa shape index (κ3) is 10.7. The number of aliphatic carboxylic acids is 1. The molecule has 1 atom stereocenters. The molecular weight excluding hydrogens is 418 g/mol. The van der Waals surface area contributed by atoms with Crippen LogP contribution in [-0.2, 0) is 9.59 Å². The van der Waals surface area contributed by atoms with Crippen LogP contribution in [0.5, 0.6) is 0 Å². The van der Waals surface area contributed by atoms with Crippen molar-refractivity contribution in [3.05, 3.63) is 66.7 Å². The Morgan fingerprint density at radius 3 is 2.53 bits per heavy atom. The van der Waals surface area contributed by atoms with Crippen molar-refractivity contribution in [3.8, 4) is 11.1 Å². The number of allylic oxidation sites excluding steroid dienone is 1. The molecule has 0 radical (unpaired) electrons. The van der Waals surface area contributed by atoms with Crippen molar-refractivity contribution < 1.29 is 14.7 Å². The fourth-order valence-electron chi connectivity index (χ4n) is 3.37. The molecule has 0 aromatic heterocycles. The molecule has 0 bridgehead atoms. The molecule has 0 saturated carbocycles. The number of benzene rings is 2. The monoisotopic (exact) mass is 453 g/mol. The standard InChI is InChI=1S/C27H35NO3S/c1-2-3-4-5-6-7-11-17-26(29)28-24(18-19-27(30)31)21-32-25-16-12-15-23(20-25)22-13-9-8-10-14-22/h7-16,20,24H,2-6,17-19,21H2,1H3,(H,28,29)(H,30,31)/t24-/m0/s1. The van der Waals surface area contributed by atoms with Gasteiger partial charge in [0.1, 0.15) is 0 Å². The molecule has 0 saturated heterocycles. The van der Waals surface area contributed by atoms with E-state index in [4.69, 9.17) is 5.11 Å². The van der Waals surface area contributed by atoms with Crippen molar-refractivity contribution in [2.75, 3.05) is 5.75 Å². The molecule has 2 rings (SSSR count). The molecule has 32 heavy (non-hydrogen) atoms. The van der Waals surface area contributed by atoms with Gasteiger partial charge in [-0.15, -0.1) is 11.8 Å². The smallest absolute Gasteiger partial charge is 0.303 e. The van der Waals surface area contributed by atoms with E-state index in [2.05, 4.69) is 48.6 Å². The lowest BCUT2D eigenvalue weighted by atomic mass is 10.1. The lowest BCUT2D eigenvalue weighted by Gasteiger charge is -2.17. The van der Waals surface area contributed by atoms with Crippen molar-refractivity contribution >= 4 is 23.6 Å². The lowest BCUT2D eigenvalue weighted by molar-refractivity contribution is -0.137. The highest BCUT2D eigenvalue weighted by molar-refractivity contribution is 7.99. The average molecular weight is 454 g/mol. The molecule has 0 aliphatic heterocycles. The average Bonchev–Trinajstić information content (AvgIpc) is 2.81. The van der Waals surface area contributed by atoms with Crippen molar-refractivity contribution in [2.24, 2.45) is 0 Å². The maximum absolute atomic E-state index is 12.4. The summed E-state index contributed by atoms with van der Waals surface area (Å²) in [6, 6.07) is 18.3. The fraction of sp³-hybridized carbons (Fsp3) is 0.407. The normalized spacial score (nSPS) is 12.0. The minimum absolute atomic E-state index is 0.0445. The first-order valence-corrected chi connectivity index (χ1v) is 12.5. The Morgan fingerprint density at radius 1 is 1.00 bits per heavy atom. The number of nitrogens with one attached hydrogen (secondary N) is 1. The van der Waals surface area contributed by atoms with Crippen LogP contribution in [0.25, 0.3) is 11.1 Å². The summed E-state index contributed by atoms with van der Waals surface area (Å²) in [5, 5.41) is 12.1. The highest BCUT2D eigenvalue weighted by Crippen LogP contribution is 2.26. The molecular formula is C27H35NO3S. The van der Waals surface area contributed by atoms with Crippen molar-refractivity contribution in [1.82, 2.24) is 5.32 Å². The van der Waals surface area contributed by atoms with Gasteiger partial charge in [0.15, 0.2) is 0 Å². The summed E-state index contributed by atoms with van der Waals surface area (Å²) in [5.41, 5.74) is 2.30. The minimum atomic E-state index is -0.840. The van der Waals surface area contributed by atoms with Gasteiger partial charge in [-0.05, 0) is 42.5 Å². The molecule has 0 aliphatic carbocycles. The van der Waals surface area contributed by atoms with Crippen LogP contribution >= 0.6 is 11.8 Å². The molecule has 0 unspecified atom stereocenters. The molecule has 0 heterocycles. The van der Waals surface area contributed by atoms with Crippen molar-refractivity contribution in [2.45, 2.75) is 69.2 Å². The van der Waals surface area contributed by atoms with E-state index in [1.165, 1.54) is 19.3 Å². The molecule has 0 spiro atoms. The molecule has 2 aromatic carbocycles. The first-order chi connectivity index (χ1) is 15.6. The topological polar surface area (TPSA) is 66.4 Å². The van der Waals surface area contributed by atoms with Crippen molar-refractivity contribution in [1.29, 1.82) is 0 Å². The number of carboxylic acids is 1. The van der Waals surface area contributed by atoms with E-state index in [-0.39, 0.29) is 18.4 Å². The predicted molar refractivity (Wildman–Crippen MR) is 134 cm³/mol. The number of carbonyl (C=O) groups excluding carboxylic acids is 1. The molecule has 2 N–H and O–H groups in total. The second kappa shape index (κ2) is 15.3. The zero-order valence-corrected chi connectivity index (χ0v) is 19.8. The largest absolute Gasteiger partial charge is 0.481 e. The Kier molecular flexibility index (Phi) is 12.3. The van der Waals surface area contributed by atoms with Crippen LogP contribution in [-0.4, -0.2) is 28.8 Å². The lowest BCUT2D eigenvalue weighted by Crippen LogP contribution is -2.36. The summed E-state index contributed by atoms with van der Waals surface area (Å²) in [6.07, 6.45) is 10.7. The first-order valence-electron chi connectivity index (χ1n) is 11.5. The zero-order valence-electron chi connectivity index (χ0n) is 19.0. The van der Waals surface area contributed by atoms with E-state index in [0.717, 1.165) is 28.9 Å². The SMILES string of the molecule is CCCCCCC=CCC(=O)N[C@@H](CCC(=O)O)CSc1cccc(-c2ccccc2)c1. The number of hydrogen-bond acceptors (Lipinski definition) is 3. The van der Waals surface area contributed by atoms with Gasteiger partial charge >= 0.3 is 5.97 Å². The number of carbonyl (C=O) groups is 2. The second-order valence-electron chi connectivity index (χ2n) is 7.93. The molecule has 1 amide bonds. The van der Waals surface area contributed by atoms with E-state index in [1.54, 1.807) is 11.8 Å². The molecule has 172 valence electrons. The number of amides is 1. The van der Waals surface area contributed by atoms with Crippen LogP contribution in [0, 0.1) is 0 Å². The molecule has 0 aliphatic rings. The van der Waals surface area contributed by atoms with Gasteiger partial charge in [-0.25, -0.2) is 0 Å². The summed E-state index contributed by atoms with van der Waals surface area (Å²) < 4.78 is 0. The molecule has 2 aromatic rings. The molecule has 5 heteroatoms. The van der Waals surface area contributed by atoms with E-state index < -0.39 is 5.97 Å². The van der Waals surface area contributed by atoms with Crippen LogP contribution in [0.1, 0.15) is 58.3 Å². The highest BCUT2D eigenvalue weighted by Gasteiger charge is 2.14. The number of hydrogen-bond donors (Lipinski definition) is 2. The third-order valence-electron chi connectivity index (χ3n) is 5.16. The van der Waals surface area contributed by atoms with E-state index in [9.17, 15) is 9.59 Å². The van der Waals surface area contributed by atoms with E-state index in [0.29, 0.717) is 18.6 Å². The van der Waals surface area contributed by atoms with Gasteiger partial charge in [0.05, 0.1) is 0 Å². The Balaban J connectivity index is 1.87. The maximum atomic E-state index is 12.4.